The third-order valence-corrected chi connectivity index (χ3v) is 3.66. The number of aromatic nitrogens is 4. The number of amides is 1. The highest BCUT2D eigenvalue weighted by atomic mass is 16.1. The third-order valence-electron chi connectivity index (χ3n) is 3.66. The van der Waals surface area contributed by atoms with Crippen molar-refractivity contribution in [2.24, 2.45) is 0 Å². The van der Waals surface area contributed by atoms with Crippen LogP contribution in [-0.2, 0) is 16.8 Å². The summed E-state index contributed by atoms with van der Waals surface area (Å²) in [6, 6.07) is 7.81. The molecule has 0 spiro atoms. The van der Waals surface area contributed by atoms with Crippen LogP contribution in [0.15, 0.2) is 42.9 Å². The second-order valence-corrected chi connectivity index (χ2v) is 5.97. The number of H-pyrrole nitrogens is 1. The number of aryl methyl sites for hydroxylation is 1. The van der Waals surface area contributed by atoms with Crippen molar-refractivity contribution in [3.05, 3.63) is 54.4 Å². The number of carbonyl (C=O) groups excluding carboxylic acids is 1. The molecule has 0 radical (unpaired) electrons. The maximum atomic E-state index is 12.2. The van der Waals surface area contributed by atoms with Crippen LogP contribution in [-0.4, -0.2) is 25.8 Å². The number of nitrogens with one attached hydrogen (secondary N) is 2. The number of hydrogen-bond acceptors (Lipinski definition) is 4. The molecule has 1 aromatic carbocycles. The van der Waals surface area contributed by atoms with Crippen LogP contribution in [0, 0.1) is 0 Å². The summed E-state index contributed by atoms with van der Waals surface area (Å²) in [6.07, 6.45) is 5.86. The lowest BCUT2D eigenvalue weighted by atomic mass is 10.0. The fraction of sp³-hybridized carbons (Fsp3) is 0.294. The van der Waals surface area contributed by atoms with Crippen LogP contribution in [0.25, 0.3) is 11.0 Å². The van der Waals surface area contributed by atoms with Gasteiger partial charge in [0.2, 0.25) is 5.91 Å². The Bertz CT molecular complexity index is 777. The monoisotopic (exact) mass is 309 g/mol. The molecular weight excluding hydrogens is 290 g/mol. The normalized spacial score (nSPS) is 11.6. The fourth-order valence-electron chi connectivity index (χ4n) is 2.42. The van der Waals surface area contributed by atoms with Gasteiger partial charge in [0.05, 0.1) is 22.3 Å². The first-order valence-electron chi connectivity index (χ1n) is 7.56. The van der Waals surface area contributed by atoms with Gasteiger partial charge in [0.1, 0.15) is 5.82 Å². The van der Waals surface area contributed by atoms with Gasteiger partial charge >= 0.3 is 0 Å². The number of benzene rings is 1. The number of para-hydroxylation sites is 2. The Morgan fingerprint density at radius 1 is 1.26 bits per heavy atom. The van der Waals surface area contributed by atoms with Crippen molar-refractivity contribution in [2.75, 3.05) is 0 Å². The highest BCUT2D eigenvalue weighted by Gasteiger charge is 2.26. The van der Waals surface area contributed by atoms with E-state index < -0.39 is 5.54 Å². The summed E-state index contributed by atoms with van der Waals surface area (Å²) in [7, 11) is 0. The highest BCUT2D eigenvalue weighted by Crippen LogP contribution is 2.20. The summed E-state index contributed by atoms with van der Waals surface area (Å²) in [5.41, 5.74) is 2.09. The summed E-state index contributed by atoms with van der Waals surface area (Å²) in [4.78, 5) is 28.2. The molecule has 2 N–H and O–H groups in total. The fourth-order valence-corrected chi connectivity index (χ4v) is 2.42. The molecule has 0 bridgehead atoms. The van der Waals surface area contributed by atoms with Crippen molar-refractivity contribution >= 4 is 16.9 Å². The molecule has 0 saturated carbocycles. The van der Waals surface area contributed by atoms with Gasteiger partial charge in [0.25, 0.3) is 0 Å². The minimum absolute atomic E-state index is 0.0406. The van der Waals surface area contributed by atoms with Gasteiger partial charge in [0, 0.05) is 25.0 Å². The molecule has 6 heteroatoms. The summed E-state index contributed by atoms with van der Waals surface area (Å²) in [5, 5.41) is 3.02. The molecule has 3 rings (SSSR count). The van der Waals surface area contributed by atoms with Crippen LogP contribution in [0.4, 0.5) is 0 Å². The molecule has 23 heavy (non-hydrogen) atoms. The van der Waals surface area contributed by atoms with Crippen molar-refractivity contribution in [1.82, 2.24) is 25.3 Å². The van der Waals surface area contributed by atoms with E-state index in [4.69, 9.17) is 0 Å². The smallest absolute Gasteiger partial charge is 0.221 e. The quantitative estimate of drug-likeness (QED) is 0.757. The van der Waals surface area contributed by atoms with Crippen LogP contribution >= 0.6 is 0 Å². The predicted molar refractivity (Wildman–Crippen MR) is 87.6 cm³/mol. The van der Waals surface area contributed by atoms with Gasteiger partial charge in [-0.1, -0.05) is 12.1 Å². The topological polar surface area (TPSA) is 83.6 Å². The maximum Gasteiger partial charge on any atom is 0.221 e. The Morgan fingerprint density at radius 2 is 2.09 bits per heavy atom. The highest BCUT2D eigenvalue weighted by molar-refractivity contribution is 5.78. The van der Waals surface area contributed by atoms with Gasteiger partial charge in [-0.25, -0.2) is 4.98 Å². The Kier molecular flexibility index (Phi) is 4.06. The van der Waals surface area contributed by atoms with Crippen LogP contribution in [0.2, 0.25) is 0 Å². The number of nitrogens with zero attached hydrogens (tertiary/aromatic N) is 3. The van der Waals surface area contributed by atoms with Gasteiger partial charge in [-0.15, -0.1) is 0 Å². The van der Waals surface area contributed by atoms with Gasteiger partial charge in [-0.05, 0) is 32.4 Å². The molecule has 0 saturated heterocycles. The Morgan fingerprint density at radius 3 is 2.83 bits per heavy atom. The average molecular weight is 309 g/mol. The summed E-state index contributed by atoms with van der Waals surface area (Å²) in [6.45, 7) is 3.87. The Balaban J connectivity index is 1.66. The van der Waals surface area contributed by atoms with Gasteiger partial charge in [-0.3, -0.25) is 14.8 Å². The Hall–Kier alpha value is -2.76. The van der Waals surface area contributed by atoms with Crippen LogP contribution in [0.1, 0.15) is 31.8 Å². The second-order valence-electron chi connectivity index (χ2n) is 5.97. The maximum absolute atomic E-state index is 12.2. The Labute approximate surface area is 134 Å². The zero-order valence-electron chi connectivity index (χ0n) is 13.2. The molecule has 2 aromatic heterocycles. The van der Waals surface area contributed by atoms with E-state index >= 15 is 0 Å². The number of rotatable bonds is 5. The molecule has 6 nitrogen and oxygen atoms in total. The SMILES string of the molecule is CC(C)(NC(=O)CCc1cnccn1)c1nc2ccccc2[nH]1. The molecule has 0 aliphatic rings. The van der Waals surface area contributed by atoms with Crippen LogP contribution in [0.5, 0.6) is 0 Å². The minimum atomic E-state index is -0.571. The number of carbonyl (C=O) groups is 1. The van der Waals surface area contributed by atoms with E-state index in [1.165, 1.54) is 0 Å². The van der Waals surface area contributed by atoms with Crippen molar-refractivity contribution in [3.63, 3.8) is 0 Å². The van der Waals surface area contributed by atoms with Crippen molar-refractivity contribution in [3.8, 4) is 0 Å². The van der Waals surface area contributed by atoms with E-state index in [1.54, 1.807) is 18.6 Å². The number of fused-ring (bicyclic) bond motifs is 1. The number of imidazole rings is 1. The molecule has 0 aliphatic heterocycles. The zero-order chi connectivity index (χ0) is 16.3. The molecule has 0 aliphatic carbocycles. The molecule has 2 heterocycles. The first-order valence-corrected chi connectivity index (χ1v) is 7.56. The van der Waals surface area contributed by atoms with E-state index in [9.17, 15) is 4.79 Å². The molecule has 3 aromatic rings. The molecule has 0 unspecified atom stereocenters. The predicted octanol–water partition coefficient (Wildman–Crippen LogP) is 2.34. The van der Waals surface area contributed by atoms with Gasteiger partial charge < -0.3 is 10.3 Å². The molecule has 0 atom stereocenters. The number of aromatic amines is 1. The second kappa shape index (κ2) is 6.16. The van der Waals surface area contributed by atoms with E-state index in [0.717, 1.165) is 22.6 Å². The summed E-state index contributed by atoms with van der Waals surface area (Å²) < 4.78 is 0. The van der Waals surface area contributed by atoms with Gasteiger partial charge in [-0.2, -0.15) is 0 Å². The van der Waals surface area contributed by atoms with Crippen molar-refractivity contribution in [2.45, 2.75) is 32.2 Å². The zero-order valence-corrected chi connectivity index (χ0v) is 13.2. The molecule has 118 valence electrons. The van der Waals surface area contributed by atoms with Crippen LogP contribution < -0.4 is 5.32 Å². The van der Waals surface area contributed by atoms with E-state index in [2.05, 4.69) is 25.3 Å². The minimum Gasteiger partial charge on any atom is -0.344 e. The van der Waals surface area contributed by atoms with Crippen molar-refractivity contribution in [1.29, 1.82) is 0 Å². The molecular formula is C17H19N5O. The van der Waals surface area contributed by atoms with E-state index in [-0.39, 0.29) is 5.91 Å². The average Bonchev–Trinajstić information content (AvgIpc) is 2.99. The molecule has 0 fully saturated rings. The number of hydrogen-bond donors (Lipinski definition) is 2. The summed E-state index contributed by atoms with van der Waals surface area (Å²) in [5.74, 6) is 0.702. The first kappa shape index (κ1) is 15.1. The van der Waals surface area contributed by atoms with E-state index in [1.807, 2.05) is 38.1 Å². The van der Waals surface area contributed by atoms with Gasteiger partial charge in [0.15, 0.2) is 0 Å². The largest absolute Gasteiger partial charge is 0.344 e. The standard InChI is InChI=1S/C17H19N5O/c1-17(2,16-20-13-5-3-4-6-14(13)21-16)22-15(23)8-7-12-11-18-9-10-19-12/h3-6,9-11H,7-8H2,1-2H3,(H,20,21)(H,22,23). The third kappa shape index (κ3) is 3.53. The van der Waals surface area contributed by atoms with E-state index in [0.29, 0.717) is 12.8 Å². The lowest BCUT2D eigenvalue weighted by Gasteiger charge is -2.24. The molecule has 1 amide bonds. The first-order chi connectivity index (χ1) is 11.0. The lowest BCUT2D eigenvalue weighted by Crippen LogP contribution is -2.42. The van der Waals surface area contributed by atoms with Crippen LogP contribution in [0.3, 0.4) is 0 Å². The summed E-state index contributed by atoms with van der Waals surface area (Å²) >= 11 is 0. The lowest BCUT2D eigenvalue weighted by molar-refractivity contribution is -0.122. The van der Waals surface area contributed by atoms with Crippen molar-refractivity contribution < 1.29 is 4.79 Å².